The third-order valence-electron chi connectivity index (χ3n) is 7.61. The molecule has 1 unspecified atom stereocenters. The zero-order chi connectivity index (χ0) is 26.1. The summed E-state index contributed by atoms with van der Waals surface area (Å²) in [4.78, 5) is 44.1. The first kappa shape index (κ1) is 24.7. The second kappa shape index (κ2) is 10.2. The fourth-order valence-electron chi connectivity index (χ4n) is 5.52. The van der Waals surface area contributed by atoms with Gasteiger partial charge in [-0.1, -0.05) is 66.2 Å². The fraction of sp³-hybridized carbons (Fsp3) is 0.281. The van der Waals surface area contributed by atoms with Crippen LogP contribution in [0, 0.1) is 12.8 Å². The van der Waals surface area contributed by atoms with Gasteiger partial charge in [0.1, 0.15) is 6.04 Å². The van der Waals surface area contributed by atoms with Crippen LogP contribution in [0.2, 0.25) is 0 Å². The lowest BCUT2D eigenvalue weighted by Crippen LogP contribution is -2.50. The smallest absolute Gasteiger partial charge is 0.250 e. The van der Waals surface area contributed by atoms with Crippen molar-refractivity contribution in [3.05, 3.63) is 101 Å². The summed E-state index contributed by atoms with van der Waals surface area (Å²) in [6, 6.07) is 23.0. The molecule has 2 atom stereocenters. The molecule has 0 spiro atoms. The van der Waals surface area contributed by atoms with E-state index in [1.165, 1.54) is 5.56 Å². The van der Waals surface area contributed by atoms with Gasteiger partial charge in [-0.15, -0.1) is 0 Å². The van der Waals surface area contributed by atoms with E-state index in [9.17, 15) is 14.4 Å². The molecule has 0 radical (unpaired) electrons. The predicted molar refractivity (Wildman–Crippen MR) is 148 cm³/mol. The monoisotopic (exact) mass is 492 g/mol. The van der Waals surface area contributed by atoms with E-state index in [1.807, 2.05) is 86.6 Å². The van der Waals surface area contributed by atoms with Crippen LogP contribution in [0.4, 0.5) is 11.4 Å². The number of likely N-dealkylation sites (N-methyl/N-ethyl adjacent to an activating group) is 1. The Labute approximate surface area is 218 Å². The molecule has 2 amide bonds. The molecular formula is C32H32N2O3. The summed E-state index contributed by atoms with van der Waals surface area (Å²) in [6.07, 6.45) is 3.57. The molecule has 0 saturated heterocycles. The molecule has 37 heavy (non-hydrogen) atoms. The highest BCUT2D eigenvalue weighted by Gasteiger charge is 2.44. The SMILES string of the molecule is C/C(=C\C(=O)CC1CCc2cccc3c2N(C1=O)[C@H](C(=O)N(C)c1ccccc1)C3)c1ccc(C)cc1. The van der Waals surface area contributed by atoms with Crippen molar-refractivity contribution in [1.82, 2.24) is 0 Å². The van der Waals surface area contributed by atoms with Gasteiger partial charge >= 0.3 is 0 Å². The van der Waals surface area contributed by atoms with E-state index in [0.29, 0.717) is 19.3 Å². The van der Waals surface area contributed by atoms with E-state index in [0.717, 1.165) is 33.6 Å². The van der Waals surface area contributed by atoms with Crippen molar-refractivity contribution < 1.29 is 14.4 Å². The molecule has 5 heteroatoms. The Hall–Kier alpha value is -3.99. The average molecular weight is 493 g/mol. The first-order chi connectivity index (χ1) is 17.8. The van der Waals surface area contributed by atoms with Crippen LogP contribution in [0.15, 0.2) is 78.9 Å². The van der Waals surface area contributed by atoms with Gasteiger partial charge in [0.15, 0.2) is 5.78 Å². The average Bonchev–Trinajstić information content (AvgIpc) is 3.24. The normalized spacial score (nSPS) is 18.8. The third-order valence-corrected chi connectivity index (χ3v) is 7.61. The highest BCUT2D eigenvalue weighted by Crippen LogP contribution is 2.41. The third kappa shape index (κ3) is 4.86. The van der Waals surface area contributed by atoms with Gasteiger partial charge in [0, 0.05) is 31.5 Å². The highest BCUT2D eigenvalue weighted by atomic mass is 16.2. The van der Waals surface area contributed by atoms with Gasteiger partial charge in [-0.05, 0) is 67.2 Å². The van der Waals surface area contributed by atoms with E-state index in [1.54, 1.807) is 22.9 Å². The first-order valence-electron chi connectivity index (χ1n) is 12.9. The van der Waals surface area contributed by atoms with E-state index in [-0.39, 0.29) is 24.0 Å². The molecule has 5 nitrogen and oxygen atoms in total. The van der Waals surface area contributed by atoms with E-state index < -0.39 is 12.0 Å². The van der Waals surface area contributed by atoms with Gasteiger partial charge in [0.05, 0.1) is 5.69 Å². The second-order valence-electron chi connectivity index (χ2n) is 10.2. The summed E-state index contributed by atoms with van der Waals surface area (Å²) in [5.41, 5.74) is 6.80. The Morgan fingerprint density at radius 1 is 0.973 bits per heavy atom. The van der Waals surface area contributed by atoms with Gasteiger partial charge in [-0.3, -0.25) is 19.3 Å². The van der Waals surface area contributed by atoms with Crippen LogP contribution in [-0.2, 0) is 27.2 Å². The number of ketones is 1. The van der Waals surface area contributed by atoms with Gasteiger partial charge in [0.25, 0.3) is 0 Å². The number of nitrogens with zero attached hydrogens (tertiary/aromatic N) is 2. The number of benzene rings is 3. The lowest BCUT2D eigenvalue weighted by Gasteiger charge is -2.30. The summed E-state index contributed by atoms with van der Waals surface area (Å²) in [7, 11) is 1.75. The van der Waals surface area contributed by atoms with Crippen LogP contribution >= 0.6 is 0 Å². The van der Waals surface area contributed by atoms with Gasteiger partial charge in [-0.25, -0.2) is 0 Å². The van der Waals surface area contributed by atoms with Crippen LogP contribution in [-0.4, -0.2) is 30.7 Å². The number of aryl methyl sites for hydroxylation is 2. The molecule has 3 aromatic rings. The molecule has 2 aliphatic heterocycles. The molecule has 2 aliphatic rings. The Morgan fingerprint density at radius 2 is 1.68 bits per heavy atom. The second-order valence-corrected chi connectivity index (χ2v) is 10.2. The lowest BCUT2D eigenvalue weighted by molar-refractivity contribution is -0.128. The zero-order valence-corrected chi connectivity index (χ0v) is 21.6. The quantitative estimate of drug-likeness (QED) is 0.425. The fourth-order valence-corrected chi connectivity index (χ4v) is 5.52. The molecule has 0 aliphatic carbocycles. The summed E-state index contributed by atoms with van der Waals surface area (Å²) >= 11 is 0. The Kier molecular flexibility index (Phi) is 6.79. The van der Waals surface area contributed by atoms with E-state index in [4.69, 9.17) is 0 Å². The van der Waals surface area contributed by atoms with Crippen LogP contribution in [0.1, 0.15) is 42.0 Å². The minimum Gasteiger partial charge on any atom is -0.314 e. The summed E-state index contributed by atoms with van der Waals surface area (Å²) < 4.78 is 0. The number of rotatable bonds is 6. The predicted octanol–water partition coefficient (Wildman–Crippen LogP) is 5.54. The largest absolute Gasteiger partial charge is 0.314 e. The van der Waals surface area contributed by atoms with Crippen LogP contribution < -0.4 is 9.80 Å². The molecular weight excluding hydrogens is 460 g/mol. The topological polar surface area (TPSA) is 57.7 Å². The minimum atomic E-state index is -0.616. The lowest BCUT2D eigenvalue weighted by atomic mass is 9.92. The van der Waals surface area contributed by atoms with Crippen molar-refractivity contribution in [2.45, 2.75) is 45.6 Å². The van der Waals surface area contributed by atoms with Crippen molar-refractivity contribution in [2.24, 2.45) is 5.92 Å². The minimum absolute atomic E-state index is 0.0638. The first-order valence-corrected chi connectivity index (χ1v) is 12.9. The van der Waals surface area contributed by atoms with E-state index in [2.05, 4.69) is 0 Å². The molecule has 0 N–H and O–H groups in total. The standard InChI is InChI=1S/C32H32N2O3/c1-21-12-14-23(15-13-21)22(2)18-28(35)19-26-17-16-24-8-7-9-25-20-29(34(30(24)25)31(26)36)32(37)33(3)27-10-5-4-6-11-27/h4-15,18,26,29H,16-17,19-20H2,1-3H3/b22-18+/t26?,29-/m0/s1. The van der Waals surface area contributed by atoms with Crippen molar-refractivity contribution >= 4 is 34.5 Å². The van der Waals surface area contributed by atoms with Crippen molar-refractivity contribution in [3.8, 4) is 0 Å². The number of carbonyl (C=O) groups is 3. The van der Waals surface area contributed by atoms with Crippen molar-refractivity contribution in [2.75, 3.05) is 16.8 Å². The number of amides is 2. The molecule has 5 rings (SSSR count). The molecule has 0 aromatic heterocycles. The van der Waals surface area contributed by atoms with E-state index >= 15 is 0 Å². The molecule has 0 bridgehead atoms. The highest BCUT2D eigenvalue weighted by molar-refractivity contribution is 6.10. The summed E-state index contributed by atoms with van der Waals surface area (Å²) in [5.74, 6) is -0.779. The number of allylic oxidation sites excluding steroid dienone is 2. The molecule has 0 fully saturated rings. The van der Waals surface area contributed by atoms with Gasteiger partial charge in [-0.2, -0.15) is 0 Å². The molecule has 188 valence electrons. The van der Waals surface area contributed by atoms with Gasteiger partial charge in [0.2, 0.25) is 11.8 Å². The number of hydrogen-bond donors (Lipinski definition) is 0. The Bertz CT molecular complexity index is 1370. The van der Waals surface area contributed by atoms with Crippen LogP contribution in [0.25, 0.3) is 5.57 Å². The number of carbonyl (C=O) groups excluding carboxylic acids is 3. The summed E-state index contributed by atoms with van der Waals surface area (Å²) in [5, 5.41) is 0. The zero-order valence-electron chi connectivity index (χ0n) is 21.6. The maximum atomic E-state index is 14.0. The molecule has 3 aromatic carbocycles. The number of anilines is 2. The number of para-hydroxylation sites is 2. The maximum Gasteiger partial charge on any atom is 0.250 e. The maximum absolute atomic E-state index is 14.0. The van der Waals surface area contributed by atoms with Gasteiger partial charge < -0.3 is 4.90 Å². The van der Waals surface area contributed by atoms with Crippen LogP contribution in [0.5, 0.6) is 0 Å². The molecule has 0 saturated carbocycles. The number of hydrogen-bond acceptors (Lipinski definition) is 3. The Morgan fingerprint density at radius 3 is 2.41 bits per heavy atom. The van der Waals surface area contributed by atoms with Crippen molar-refractivity contribution in [3.63, 3.8) is 0 Å². The van der Waals surface area contributed by atoms with Crippen molar-refractivity contribution in [1.29, 1.82) is 0 Å². The summed E-state index contributed by atoms with van der Waals surface area (Å²) in [6.45, 7) is 3.96. The molecule has 2 heterocycles. The Balaban J connectivity index is 1.40. The van der Waals surface area contributed by atoms with Crippen LogP contribution in [0.3, 0.4) is 0 Å².